The molecule has 1 saturated heterocycles. The minimum absolute atomic E-state index is 0.0228. The van der Waals surface area contributed by atoms with Crippen LogP contribution in [0.3, 0.4) is 0 Å². The summed E-state index contributed by atoms with van der Waals surface area (Å²) in [5.74, 6) is -2.67. The number of rotatable bonds is 9. The summed E-state index contributed by atoms with van der Waals surface area (Å²) in [7, 11) is -4.11. The third-order valence-corrected chi connectivity index (χ3v) is 7.79. The van der Waals surface area contributed by atoms with E-state index in [-0.39, 0.29) is 45.8 Å². The number of halogens is 4. The fraction of sp³-hybridized carbons (Fsp3) is 0.296. The number of piperidine rings is 1. The van der Waals surface area contributed by atoms with Crippen LogP contribution in [0.5, 0.6) is 0 Å². The summed E-state index contributed by atoms with van der Waals surface area (Å²) in [4.78, 5) is 13.0. The lowest BCUT2D eigenvalue weighted by Gasteiger charge is -2.29. The Hall–Kier alpha value is -3.84. The Bertz CT molecular complexity index is 1600. The molecule has 210 valence electrons. The van der Waals surface area contributed by atoms with Gasteiger partial charge in [-0.15, -0.1) is 0 Å². The Morgan fingerprint density at radius 1 is 1.00 bits per heavy atom. The van der Waals surface area contributed by atoms with E-state index in [1.807, 2.05) is 4.72 Å². The van der Waals surface area contributed by atoms with Gasteiger partial charge in [-0.05, 0) is 30.2 Å². The Morgan fingerprint density at radius 2 is 1.75 bits per heavy atom. The van der Waals surface area contributed by atoms with E-state index in [1.165, 1.54) is 12.3 Å². The highest BCUT2D eigenvalue weighted by atomic mass is 32.2. The number of hydrogen-bond donors (Lipinski definition) is 3. The van der Waals surface area contributed by atoms with E-state index in [9.17, 15) is 26.0 Å². The van der Waals surface area contributed by atoms with Gasteiger partial charge in [0, 0.05) is 36.2 Å². The van der Waals surface area contributed by atoms with Crippen molar-refractivity contribution in [1.29, 1.82) is 0 Å². The van der Waals surface area contributed by atoms with E-state index in [0.717, 1.165) is 12.1 Å². The zero-order valence-corrected chi connectivity index (χ0v) is 22.0. The molecular weight excluding hydrogens is 548 g/mol. The summed E-state index contributed by atoms with van der Waals surface area (Å²) < 4.78 is 84.0. The second-order valence-corrected chi connectivity index (χ2v) is 11.4. The van der Waals surface area contributed by atoms with Crippen molar-refractivity contribution in [3.05, 3.63) is 77.5 Å². The highest BCUT2D eigenvalue weighted by molar-refractivity contribution is 7.91. The van der Waals surface area contributed by atoms with E-state index in [1.54, 1.807) is 30.3 Å². The number of pyridine rings is 1. The zero-order valence-electron chi connectivity index (χ0n) is 21.2. The molecule has 0 saturated carbocycles. The number of anilines is 2. The molecule has 3 heterocycles. The van der Waals surface area contributed by atoms with Crippen LogP contribution < -0.4 is 15.4 Å². The average Bonchev–Trinajstić information content (AvgIpc) is 2.94. The summed E-state index contributed by atoms with van der Waals surface area (Å²) in [6, 6.07) is 11.3. The van der Waals surface area contributed by atoms with E-state index in [0.29, 0.717) is 25.1 Å². The van der Waals surface area contributed by atoms with Gasteiger partial charge in [-0.3, -0.25) is 9.11 Å². The third-order valence-electron chi connectivity index (χ3n) is 6.56. The Morgan fingerprint density at radius 3 is 2.45 bits per heavy atom. The number of alkyl halides is 2. The minimum atomic E-state index is -4.11. The van der Waals surface area contributed by atoms with Crippen LogP contribution in [0.25, 0.3) is 22.3 Å². The van der Waals surface area contributed by atoms with Gasteiger partial charge in [0.2, 0.25) is 16.0 Å². The molecule has 13 heteroatoms. The molecule has 2 aromatic heterocycles. The first-order valence-corrected chi connectivity index (χ1v) is 14.2. The Kier molecular flexibility index (Phi) is 8.12. The standard InChI is InChI=1S/C27H26F4N6O2S/c28-10-17-6-20(13-32-12-17)34-27-33-14-24-25(36-27)19(11-29)9-23(35-24)18-7-21(30)26(22(31)8-18)37-40(38,39)15-16-4-2-1-3-5-16/h1-5,7-9,14,17,20,32,37H,6,10-13,15H2,(H,33,34,36)/t17-,20-/m0/s1. The average molecular weight is 575 g/mol. The highest BCUT2D eigenvalue weighted by Crippen LogP contribution is 2.30. The van der Waals surface area contributed by atoms with Crippen LogP contribution in [0.4, 0.5) is 29.2 Å². The van der Waals surface area contributed by atoms with Crippen LogP contribution in [0, 0.1) is 17.6 Å². The molecule has 0 bridgehead atoms. The van der Waals surface area contributed by atoms with Crippen LogP contribution >= 0.6 is 0 Å². The molecule has 0 radical (unpaired) electrons. The SMILES string of the molecule is O=S(=O)(Cc1ccccc1)Nc1c(F)cc(-c2cc(CF)c3nc(N[C@@H]4CNC[C@H](CF)C4)ncc3n2)cc1F. The lowest BCUT2D eigenvalue weighted by atomic mass is 9.97. The molecule has 3 N–H and O–H groups in total. The summed E-state index contributed by atoms with van der Waals surface area (Å²) in [6.07, 6.45) is 1.96. The first-order chi connectivity index (χ1) is 19.2. The molecule has 1 fully saturated rings. The Balaban J connectivity index is 1.40. The molecule has 2 aromatic carbocycles. The van der Waals surface area contributed by atoms with Gasteiger partial charge in [0.05, 0.1) is 24.3 Å². The summed E-state index contributed by atoms with van der Waals surface area (Å²) in [6.45, 7) is -0.182. The fourth-order valence-corrected chi connectivity index (χ4v) is 5.86. The topological polar surface area (TPSA) is 109 Å². The van der Waals surface area contributed by atoms with Gasteiger partial charge in [-0.2, -0.15) is 0 Å². The number of aromatic nitrogens is 3. The van der Waals surface area contributed by atoms with Gasteiger partial charge in [0.15, 0.2) is 11.6 Å². The fourth-order valence-electron chi connectivity index (χ4n) is 4.65. The Labute approximate surface area is 228 Å². The largest absolute Gasteiger partial charge is 0.350 e. The lowest BCUT2D eigenvalue weighted by molar-refractivity contribution is 0.282. The van der Waals surface area contributed by atoms with E-state index >= 15 is 0 Å². The second kappa shape index (κ2) is 11.7. The number of benzene rings is 2. The van der Waals surface area contributed by atoms with E-state index in [4.69, 9.17) is 0 Å². The maximum absolute atomic E-state index is 15.0. The van der Waals surface area contributed by atoms with Crippen molar-refractivity contribution in [1.82, 2.24) is 20.3 Å². The molecule has 8 nitrogen and oxygen atoms in total. The monoisotopic (exact) mass is 574 g/mol. The number of nitrogens with one attached hydrogen (secondary N) is 3. The lowest BCUT2D eigenvalue weighted by Crippen LogP contribution is -2.44. The summed E-state index contributed by atoms with van der Waals surface area (Å²) in [5.41, 5.74) is 0.216. The second-order valence-electron chi connectivity index (χ2n) is 9.64. The summed E-state index contributed by atoms with van der Waals surface area (Å²) >= 11 is 0. The van der Waals surface area contributed by atoms with E-state index in [2.05, 4.69) is 25.6 Å². The van der Waals surface area contributed by atoms with Crippen molar-refractivity contribution >= 4 is 32.7 Å². The summed E-state index contributed by atoms with van der Waals surface area (Å²) in [5, 5.41) is 6.28. The van der Waals surface area contributed by atoms with Crippen molar-refractivity contribution in [2.75, 3.05) is 29.8 Å². The molecule has 1 aliphatic rings. The van der Waals surface area contributed by atoms with Crippen molar-refractivity contribution < 1.29 is 26.0 Å². The van der Waals surface area contributed by atoms with Crippen molar-refractivity contribution in [2.45, 2.75) is 24.9 Å². The highest BCUT2D eigenvalue weighted by Gasteiger charge is 2.23. The molecule has 2 atom stereocenters. The molecule has 4 aromatic rings. The molecule has 0 amide bonds. The first-order valence-electron chi connectivity index (χ1n) is 12.5. The number of hydrogen-bond acceptors (Lipinski definition) is 7. The van der Waals surface area contributed by atoms with Crippen LogP contribution in [0.2, 0.25) is 0 Å². The third kappa shape index (κ3) is 6.31. The number of nitrogens with zero attached hydrogens (tertiary/aromatic N) is 3. The predicted octanol–water partition coefficient (Wildman–Crippen LogP) is 4.74. The van der Waals surface area contributed by atoms with Crippen molar-refractivity contribution in [3.63, 3.8) is 0 Å². The normalized spacial score (nSPS) is 17.6. The molecule has 1 aliphatic heterocycles. The van der Waals surface area contributed by atoms with E-state index < -0.39 is 46.4 Å². The van der Waals surface area contributed by atoms with Crippen LogP contribution in [0.1, 0.15) is 17.5 Å². The molecule has 5 rings (SSSR count). The molecular formula is C27H26F4N6O2S. The predicted molar refractivity (Wildman–Crippen MR) is 145 cm³/mol. The quantitative estimate of drug-likeness (QED) is 0.248. The van der Waals surface area contributed by atoms with Gasteiger partial charge in [0.25, 0.3) is 0 Å². The molecule has 0 unspecified atom stereocenters. The van der Waals surface area contributed by atoms with Crippen LogP contribution in [0.15, 0.2) is 54.7 Å². The maximum atomic E-state index is 15.0. The maximum Gasteiger partial charge on any atom is 0.237 e. The number of sulfonamides is 1. The zero-order chi connectivity index (χ0) is 28.3. The van der Waals surface area contributed by atoms with Gasteiger partial charge < -0.3 is 10.6 Å². The van der Waals surface area contributed by atoms with Gasteiger partial charge in [-0.1, -0.05) is 30.3 Å². The van der Waals surface area contributed by atoms with Gasteiger partial charge in [0.1, 0.15) is 23.4 Å². The minimum Gasteiger partial charge on any atom is -0.350 e. The molecule has 0 aliphatic carbocycles. The van der Waals surface area contributed by atoms with Crippen LogP contribution in [-0.4, -0.2) is 49.2 Å². The molecule has 0 spiro atoms. The number of fused-ring (bicyclic) bond motifs is 1. The molecule has 40 heavy (non-hydrogen) atoms. The van der Waals surface area contributed by atoms with Crippen molar-refractivity contribution in [3.8, 4) is 11.3 Å². The smallest absolute Gasteiger partial charge is 0.237 e. The first kappa shape index (κ1) is 27.7. The van der Waals surface area contributed by atoms with Gasteiger partial charge in [-0.25, -0.2) is 36.5 Å². The van der Waals surface area contributed by atoms with Gasteiger partial charge >= 0.3 is 0 Å². The van der Waals surface area contributed by atoms with Crippen LogP contribution in [-0.2, 0) is 22.5 Å². The van der Waals surface area contributed by atoms with Crippen molar-refractivity contribution in [2.24, 2.45) is 5.92 Å².